The van der Waals surface area contributed by atoms with Crippen LogP contribution in [-0.4, -0.2) is 21.3 Å². The van der Waals surface area contributed by atoms with Crippen LogP contribution in [0.4, 0.5) is 22.7 Å². The Hall–Kier alpha value is -3.82. The molecular formula is C18H18N6O4. The summed E-state index contributed by atoms with van der Waals surface area (Å²) in [5, 5.41) is 30.2. The van der Waals surface area contributed by atoms with E-state index in [4.69, 9.17) is 0 Å². The van der Waals surface area contributed by atoms with Gasteiger partial charge in [-0.2, -0.15) is 10.2 Å². The van der Waals surface area contributed by atoms with Gasteiger partial charge in [-0.25, -0.2) is 0 Å². The second kappa shape index (κ2) is 8.71. The zero-order valence-corrected chi connectivity index (χ0v) is 14.9. The molecule has 0 aliphatic heterocycles. The summed E-state index contributed by atoms with van der Waals surface area (Å²) >= 11 is 0. The summed E-state index contributed by atoms with van der Waals surface area (Å²) in [6, 6.07) is 12.0. The molecule has 0 amide bonds. The number of benzene rings is 2. The van der Waals surface area contributed by atoms with Crippen LogP contribution in [-0.2, 0) is 0 Å². The Morgan fingerprint density at radius 3 is 1.36 bits per heavy atom. The lowest BCUT2D eigenvalue weighted by Gasteiger charge is -2.16. The van der Waals surface area contributed by atoms with Crippen molar-refractivity contribution in [1.82, 2.24) is 0 Å². The van der Waals surface area contributed by atoms with Gasteiger partial charge < -0.3 is 0 Å². The molecule has 0 aromatic heterocycles. The molecule has 10 heteroatoms. The highest BCUT2D eigenvalue weighted by Gasteiger charge is 2.15. The van der Waals surface area contributed by atoms with Crippen LogP contribution < -0.4 is 10.9 Å². The van der Waals surface area contributed by atoms with Crippen molar-refractivity contribution >= 4 is 34.2 Å². The number of nitro groups is 2. The minimum atomic E-state index is -0.453. The van der Waals surface area contributed by atoms with Crippen molar-refractivity contribution < 1.29 is 9.85 Å². The van der Waals surface area contributed by atoms with Gasteiger partial charge in [0.05, 0.1) is 32.6 Å². The Kier molecular flexibility index (Phi) is 5.90. The van der Waals surface area contributed by atoms with Crippen LogP contribution in [0.1, 0.15) is 25.7 Å². The van der Waals surface area contributed by atoms with Crippen molar-refractivity contribution in [2.75, 3.05) is 10.9 Å². The molecule has 1 saturated carbocycles. The number of nitrogens with one attached hydrogen (secondary N) is 2. The molecule has 144 valence electrons. The third kappa shape index (κ3) is 4.87. The number of hydrogen-bond acceptors (Lipinski definition) is 8. The molecular weight excluding hydrogens is 364 g/mol. The lowest BCUT2D eigenvalue weighted by Crippen LogP contribution is -2.21. The van der Waals surface area contributed by atoms with Crippen LogP contribution in [0.25, 0.3) is 0 Å². The van der Waals surface area contributed by atoms with Crippen molar-refractivity contribution in [2.24, 2.45) is 10.2 Å². The Bertz CT molecular complexity index is 845. The minimum Gasteiger partial charge on any atom is -0.278 e. The van der Waals surface area contributed by atoms with Crippen molar-refractivity contribution in [3.63, 3.8) is 0 Å². The van der Waals surface area contributed by atoms with Crippen LogP contribution in [0, 0.1) is 20.2 Å². The van der Waals surface area contributed by atoms with E-state index < -0.39 is 9.85 Å². The number of nitrogens with zero attached hydrogens (tertiary/aromatic N) is 4. The van der Waals surface area contributed by atoms with Crippen LogP contribution >= 0.6 is 0 Å². The number of hydrogen-bond donors (Lipinski definition) is 2. The Balaban J connectivity index is 1.68. The van der Waals surface area contributed by atoms with Crippen LogP contribution in [0.3, 0.4) is 0 Å². The summed E-state index contributed by atoms with van der Waals surface area (Å²) in [6.45, 7) is 0. The highest BCUT2D eigenvalue weighted by Crippen LogP contribution is 2.19. The van der Waals surface area contributed by atoms with Gasteiger partial charge in [0.1, 0.15) is 0 Å². The molecule has 1 aliphatic carbocycles. The predicted molar refractivity (Wildman–Crippen MR) is 107 cm³/mol. The van der Waals surface area contributed by atoms with E-state index in [1.807, 2.05) is 0 Å². The first kappa shape index (κ1) is 19.0. The van der Waals surface area contributed by atoms with E-state index in [1.54, 1.807) is 24.3 Å². The fourth-order valence-electron chi connectivity index (χ4n) is 2.69. The molecule has 2 N–H and O–H groups in total. The first-order valence-electron chi connectivity index (χ1n) is 8.67. The standard InChI is InChI=1S/C18H18N6O4/c25-23(26)15-9-5-13(6-10-15)19-21-17-3-1-2-4-18(17)22-20-14-7-11-16(12-8-14)24(27)28/h5-12,19-20H,1-4H2/b21-17+,22-18+. The molecule has 2 aromatic rings. The van der Waals surface area contributed by atoms with Crippen molar-refractivity contribution in [3.8, 4) is 0 Å². The average molecular weight is 382 g/mol. The predicted octanol–water partition coefficient (Wildman–Crippen LogP) is 4.31. The van der Waals surface area contributed by atoms with Gasteiger partial charge in [-0.3, -0.25) is 31.1 Å². The maximum atomic E-state index is 10.7. The summed E-state index contributed by atoms with van der Waals surface area (Å²) in [7, 11) is 0. The van der Waals surface area contributed by atoms with Gasteiger partial charge in [-0.1, -0.05) is 0 Å². The van der Waals surface area contributed by atoms with Crippen LogP contribution in [0.5, 0.6) is 0 Å². The van der Waals surface area contributed by atoms with Gasteiger partial charge in [0, 0.05) is 24.3 Å². The second-order valence-electron chi connectivity index (χ2n) is 6.16. The lowest BCUT2D eigenvalue weighted by atomic mass is 9.96. The van der Waals surface area contributed by atoms with Gasteiger partial charge in [-0.05, 0) is 49.9 Å². The monoisotopic (exact) mass is 382 g/mol. The molecule has 0 spiro atoms. The molecule has 28 heavy (non-hydrogen) atoms. The molecule has 0 unspecified atom stereocenters. The van der Waals surface area contributed by atoms with E-state index in [-0.39, 0.29) is 11.4 Å². The third-order valence-corrected chi connectivity index (χ3v) is 4.21. The third-order valence-electron chi connectivity index (χ3n) is 4.21. The summed E-state index contributed by atoms with van der Waals surface area (Å²) in [4.78, 5) is 20.5. The van der Waals surface area contributed by atoms with E-state index in [2.05, 4.69) is 21.1 Å². The summed E-state index contributed by atoms with van der Waals surface area (Å²) in [6.07, 6.45) is 3.52. The molecule has 0 saturated heterocycles. The van der Waals surface area contributed by atoms with E-state index in [9.17, 15) is 20.2 Å². The first-order valence-corrected chi connectivity index (χ1v) is 8.67. The minimum absolute atomic E-state index is 0.0189. The molecule has 0 atom stereocenters. The molecule has 2 aromatic carbocycles. The summed E-state index contributed by atoms with van der Waals surface area (Å²) < 4.78 is 0. The molecule has 1 fully saturated rings. The van der Waals surface area contributed by atoms with Crippen molar-refractivity contribution in [3.05, 3.63) is 68.8 Å². The molecule has 10 nitrogen and oxygen atoms in total. The van der Waals surface area contributed by atoms with E-state index in [0.29, 0.717) is 11.4 Å². The largest absolute Gasteiger partial charge is 0.278 e. The fourth-order valence-corrected chi connectivity index (χ4v) is 2.69. The number of nitro benzene ring substituents is 2. The Morgan fingerprint density at radius 1 is 0.679 bits per heavy atom. The molecule has 0 radical (unpaired) electrons. The van der Waals surface area contributed by atoms with E-state index >= 15 is 0 Å². The smallest absolute Gasteiger partial charge is 0.269 e. The summed E-state index contributed by atoms with van der Waals surface area (Å²) in [5.41, 5.74) is 8.76. The SMILES string of the molecule is O=[N+]([O-])c1ccc(N/N=C2\CCCC\C2=N/Nc2ccc([N+](=O)[O-])cc2)cc1. The lowest BCUT2D eigenvalue weighted by molar-refractivity contribution is -0.385. The van der Waals surface area contributed by atoms with Gasteiger partial charge in [0.2, 0.25) is 0 Å². The van der Waals surface area contributed by atoms with E-state index in [0.717, 1.165) is 37.1 Å². The highest BCUT2D eigenvalue weighted by atomic mass is 16.6. The average Bonchev–Trinajstić information content (AvgIpc) is 2.72. The number of non-ortho nitro benzene ring substituents is 2. The van der Waals surface area contributed by atoms with Crippen molar-refractivity contribution in [1.29, 1.82) is 0 Å². The first-order chi connectivity index (χ1) is 13.5. The number of rotatable bonds is 6. The molecule has 1 aliphatic rings. The maximum Gasteiger partial charge on any atom is 0.269 e. The fraction of sp³-hybridized carbons (Fsp3) is 0.222. The quantitative estimate of drug-likeness (QED) is 0.564. The van der Waals surface area contributed by atoms with Gasteiger partial charge in [0.25, 0.3) is 11.4 Å². The second-order valence-corrected chi connectivity index (χ2v) is 6.16. The number of anilines is 2. The Morgan fingerprint density at radius 2 is 1.04 bits per heavy atom. The number of hydrazone groups is 2. The normalized spacial score (nSPS) is 16.7. The zero-order chi connectivity index (χ0) is 19.9. The molecule has 0 bridgehead atoms. The molecule has 0 heterocycles. The van der Waals surface area contributed by atoms with Crippen molar-refractivity contribution in [2.45, 2.75) is 25.7 Å². The highest BCUT2D eigenvalue weighted by molar-refractivity contribution is 6.43. The topological polar surface area (TPSA) is 135 Å². The summed E-state index contributed by atoms with van der Waals surface area (Å²) in [5.74, 6) is 0. The maximum absolute atomic E-state index is 10.7. The Labute approximate surface area is 160 Å². The van der Waals surface area contributed by atoms with Crippen LogP contribution in [0.2, 0.25) is 0 Å². The van der Waals surface area contributed by atoms with Crippen LogP contribution in [0.15, 0.2) is 58.7 Å². The van der Waals surface area contributed by atoms with E-state index in [1.165, 1.54) is 24.3 Å². The van der Waals surface area contributed by atoms with Gasteiger partial charge in [0.15, 0.2) is 0 Å². The van der Waals surface area contributed by atoms with Gasteiger partial charge in [-0.15, -0.1) is 0 Å². The van der Waals surface area contributed by atoms with Gasteiger partial charge >= 0.3 is 0 Å². The molecule has 3 rings (SSSR count). The zero-order valence-electron chi connectivity index (χ0n) is 14.9.